The lowest BCUT2D eigenvalue weighted by atomic mass is 10.2. The number of hydrogen-bond donors (Lipinski definition) is 0. The predicted octanol–water partition coefficient (Wildman–Crippen LogP) is 2.65. The quantitative estimate of drug-likeness (QED) is 0.626. The number of halogens is 2. The summed E-state index contributed by atoms with van der Waals surface area (Å²) in [7, 11) is 0. The van der Waals surface area contributed by atoms with Gasteiger partial charge in [0.25, 0.3) is 5.69 Å². The Morgan fingerprint density at radius 3 is 2.55 bits per heavy atom. The second-order valence-corrected chi connectivity index (χ2v) is 4.64. The number of aromatic nitrogens is 2. The van der Waals surface area contributed by atoms with Crippen molar-refractivity contribution in [3.63, 3.8) is 0 Å². The largest absolute Gasteiger partial charge is 0.404 e. The molecule has 2 aromatic rings. The number of nitrogens with zero attached hydrogens (tertiary/aromatic N) is 4. The monoisotopic (exact) mass is 344 g/mol. The van der Waals surface area contributed by atoms with Gasteiger partial charge in [-0.1, -0.05) is 0 Å². The van der Waals surface area contributed by atoms with E-state index in [1.807, 2.05) is 0 Å². The molecule has 0 N–H and O–H groups in total. The first-order valence-electron chi connectivity index (χ1n) is 5.18. The van der Waals surface area contributed by atoms with Crippen LogP contribution in [0, 0.1) is 26.0 Å². The van der Waals surface area contributed by atoms with Gasteiger partial charge in [0.05, 0.1) is 28.3 Å². The zero-order valence-corrected chi connectivity index (χ0v) is 11.3. The maximum Gasteiger partial charge on any atom is 0.404 e. The van der Waals surface area contributed by atoms with Crippen molar-refractivity contribution in [1.82, 2.24) is 9.78 Å². The van der Waals surface area contributed by atoms with Gasteiger partial charge in [-0.3, -0.25) is 10.1 Å². The minimum atomic E-state index is -0.694. The Morgan fingerprint density at radius 2 is 2.00 bits per heavy atom. The van der Waals surface area contributed by atoms with Gasteiger partial charge in [-0.05, 0) is 33.0 Å². The minimum absolute atomic E-state index is 0.0693. The van der Waals surface area contributed by atoms with Crippen molar-refractivity contribution in [3.05, 3.63) is 60.5 Å². The van der Waals surface area contributed by atoms with Crippen molar-refractivity contribution in [2.45, 2.75) is 6.54 Å². The van der Waals surface area contributed by atoms with Gasteiger partial charge in [-0.25, -0.2) is 4.39 Å². The summed E-state index contributed by atoms with van der Waals surface area (Å²) in [5, 5.41) is 25.1. The van der Waals surface area contributed by atoms with E-state index in [0.717, 1.165) is 22.9 Å². The molecule has 1 heterocycles. The summed E-state index contributed by atoms with van der Waals surface area (Å²) in [5.74, 6) is -1.05. The predicted molar refractivity (Wildman–Crippen MR) is 68.7 cm³/mol. The summed E-state index contributed by atoms with van der Waals surface area (Å²) >= 11 is 2.96. The van der Waals surface area contributed by atoms with Gasteiger partial charge in [0.2, 0.25) is 0 Å². The van der Waals surface area contributed by atoms with Gasteiger partial charge in [0.15, 0.2) is 0 Å². The van der Waals surface area contributed by atoms with Crippen LogP contribution in [0.2, 0.25) is 0 Å². The highest BCUT2D eigenvalue weighted by molar-refractivity contribution is 9.10. The summed E-state index contributed by atoms with van der Waals surface area (Å²) in [6, 6.07) is 3.01. The molecule has 0 unspecified atom stereocenters. The van der Waals surface area contributed by atoms with Gasteiger partial charge < -0.3 is 10.1 Å². The maximum atomic E-state index is 13.2. The van der Waals surface area contributed by atoms with Crippen LogP contribution in [0.15, 0.2) is 28.9 Å². The Morgan fingerprint density at radius 1 is 1.30 bits per heavy atom. The molecule has 0 bridgehead atoms. The van der Waals surface area contributed by atoms with Gasteiger partial charge in [0, 0.05) is 6.07 Å². The molecule has 1 aromatic heterocycles. The lowest BCUT2D eigenvalue weighted by Crippen LogP contribution is -2.05. The molecule has 0 radical (unpaired) electrons. The van der Waals surface area contributed by atoms with E-state index in [2.05, 4.69) is 21.0 Å². The molecule has 1 aromatic carbocycles. The van der Waals surface area contributed by atoms with Crippen LogP contribution < -0.4 is 0 Å². The molecule has 0 saturated carbocycles. The third-order valence-corrected chi connectivity index (χ3v) is 3.00. The molecule has 0 saturated heterocycles. The average Bonchev–Trinajstić information content (AvgIpc) is 2.70. The van der Waals surface area contributed by atoms with Crippen molar-refractivity contribution in [1.29, 1.82) is 0 Å². The van der Waals surface area contributed by atoms with Crippen molar-refractivity contribution in [2.75, 3.05) is 0 Å². The second kappa shape index (κ2) is 5.33. The first-order chi connectivity index (χ1) is 9.38. The number of hydrogen-bond acceptors (Lipinski definition) is 5. The van der Waals surface area contributed by atoms with Crippen molar-refractivity contribution in [3.8, 4) is 0 Å². The lowest BCUT2D eigenvalue weighted by molar-refractivity contribution is -0.390. The first-order valence-corrected chi connectivity index (χ1v) is 5.98. The highest BCUT2D eigenvalue weighted by Crippen LogP contribution is 2.25. The van der Waals surface area contributed by atoms with Gasteiger partial charge in [0.1, 0.15) is 10.3 Å². The Bertz CT molecular complexity index is 703. The molecule has 0 amide bonds. The fourth-order valence-electron chi connectivity index (χ4n) is 1.62. The zero-order chi connectivity index (χ0) is 14.9. The normalized spacial score (nSPS) is 10.5. The smallest absolute Gasteiger partial charge is 0.358 e. The van der Waals surface area contributed by atoms with E-state index in [9.17, 15) is 24.6 Å². The van der Waals surface area contributed by atoms with E-state index < -0.39 is 21.5 Å². The SMILES string of the molecule is O=[N+]([O-])c1ccc(F)cc1Cn1cc(Br)c([N+](=O)[O-])n1. The van der Waals surface area contributed by atoms with Crippen LogP contribution >= 0.6 is 15.9 Å². The van der Waals surface area contributed by atoms with Gasteiger partial charge in [-0.15, -0.1) is 0 Å². The van der Waals surface area contributed by atoms with E-state index in [1.165, 1.54) is 6.20 Å². The number of rotatable bonds is 4. The summed E-state index contributed by atoms with van der Waals surface area (Å²) < 4.78 is 14.4. The highest BCUT2D eigenvalue weighted by Gasteiger charge is 2.21. The van der Waals surface area contributed by atoms with Crippen LogP contribution in [-0.4, -0.2) is 19.6 Å². The van der Waals surface area contributed by atoms with Crippen molar-refractivity contribution in [2.24, 2.45) is 0 Å². The molecule has 0 fully saturated rings. The van der Waals surface area contributed by atoms with Crippen LogP contribution in [0.1, 0.15) is 5.56 Å². The molecule has 2 rings (SSSR count). The number of benzene rings is 1. The molecule has 20 heavy (non-hydrogen) atoms. The molecule has 0 atom stereocenters. The summed E-state index contributed by atoms with van der Waals surface area (Å²) in [5.41, 5.74) is -0.208. The van der Waals surface area contributed by atoms with Crippen LogP contribution in [0.4, 0.5) is 15.9 Å². The van der Waals surface area contributed by atoms with E-state index in [-0.39, 0.29) is 22.3 Å². The summed E-state index contributed by atoms with van der Waals surface area (Å²) in [6.45, 7) is -0.152. The fraction of sp³-hybridized carbons (Fsp3) is 0.100. The molecule has 0 aliphatic carbocycles. The molecule has 8 nitrogen and oxygen atoms in total. The average molecular weight is 345 g/mol. The maximum absolute atomic E-state index is 13.2. The van der Waals surface area contributed by atoms with Gasteiger partial charge >= 0.3 is 5.82 Å². The zero-order valence-electron chi connectivity index (χ0n) is 9.69. The molecule has 0 aliphatic rings. The highest BCUT2D eigenvalue weighted by atomic mass is 79.9. The standard InChI is InChI=1S/C10H6BrFN4O4/c11-8-5-14(13-10(8)16(19)20)4-6-3-7(12)1-2-9(6)15(17)18/h1-3,5H,4H2. The summed E-state index contributed by atoms with van der Waals surface area (Å²) in [6.07, 6.45) is 1.30. The van der Waals surface area contributed by atoms with Crippen LogP contribution in [0.3, 0.4) is 0 Å². The van der Waals surface area contributed by atoms with Crippen LogP contribution in [-0.2, 0) is 6.54 Å². The first kappa shape index (κ1) is 14.1. The number of nitro benzene ring substituents is 1. The second-order valence-electron chi connectivity index (χ2n) is 3.79. The third kappa shape index (κ3) is 2.79. The van der Waals surface area contributed by atoms with Crippen LogP contribution in [0.25, 0.3) is 0 Å². The Hall–Kier alpha value is -2.36. The molecule has 0 spiro atoms. The Balaban J connectivity index is 2.39. The van der Waals surface area contributed by atoms with Crippen LogP contribution in [0.5, 0.6) is 0 Å². The minimum Gasteiger partial charge on any atom is -0.358 e. The molecule has 0 aliphatic heterocycles. The van der Waals surface area contributed by atoms with E-state index in [1.54, 1.807) is 0 Å². The van der Waals surface area contributed by atoms with E-state index in [0.29, 0.717) is 0 Å². The van der Waals surface area contributed by atoms with E-state index in [4.69, 9.17) is 0 Å². The third-order valence-electron chi connectivity index (χ3n) is 2.44. The van der Waals surface area contributed by atoms with Crippen molar-refractivity contribution >= 4 is 27.4 Å². The van der Waals surface area contributed by atoms with Crippen molar-refractivity contribution < 1.29 is 14.2 Å². The fourth-order valence-corrected chi connectivity index (χ4v) is 2.09. The lowest BCUT2D eigenvalue weighted by Gasteiger charge is -2.01. The molecule has 10 heteroatoms. The Kier molecular flexibility index (Phi) is 3.74. The Labute approximate surface area is 119 Å². The van der Waals surface area contributed by atoms with Gasteiger partial charge in [-0.2, -0.15) is 4.68 Å². The van der Waals surface area contributed by atoms with E-state index >= 15 is 0 Å². The molecular formula is C10H6BrFN4O4. The summed E-state index contributed by atoms with van der Waals surface area (Å²) in [4.78, 5) is 20.1. The number of nitro groups is 2. The molecule has 104 valence electrons. The topological polar surface area (TPSA) is 104 Å². The molecular weight excluding hydrogens is 339 g/mol.